The van der Waals surface area contributed by atoms with Gasteiger partial charge in [-0.1, -0.05) is 18.9 Å². The Hall–Kier alpha value is -3.91. The number of aromatic nitrogens is 2. The molecule has 182 valence electrons. The van der Waals surface area contributed by atoms with Gasteiger partial charge in [-0.15, -0.1) is 0 Å². The summed E-state index contributed by atoms with van der Waals surface area (Å²) >= 11 is 0. The van der Waals surface area contributed by atoms with E-state index in [9.17, 15) is 22.8 Å². The summed E-state index contributed by atoms with van der Waals surface area (Å²) in [7, 11) is -2.63. The molecule has 0 unspecified atom stereocenters. The fourth-order valence-electron chi connectivity index (χ4n) is 4.22. The van der Waals surface area contributed by atoms with Gasteiger partial charge in [-0.2, -0.15) is 5.26 Å². The number of benzene rings is 2. The number of nitrogens with one attached hydrogen (secondary N) is 1. The van der Waals surface area contributed by atoms with Gasteiger partial charge in [-0.05, 0) is 49.2 Å². The van der Waals surface area contributed by atoms with Crippen LogP contribution in [0, 0.1) is 11.3 Å². The second-order valence-electron chi connectivity index (χ2n) is 8.50. The van der Waals surface area contributed by atoms with Crippen molar-refractivity contribution in [1.82, 2.24) is 14.0 Å². The molecule has 1 fully saturated rings. The number of hydrogen-bond donors (Lipinski definition) is 1. The molecule has 0 bridgehead atoms. The molecule has 10 nitrogen and oxygen atoms in total. The summed E-state index contributed by atoms with van der Waals surface area (Å²) in [5.41, 5.74) is -0.632. The van der Waals surface area contributed by atoms with Crippen molar-refractivity contribution < 1.29 is 13.2 Å². The largest absolute Gasteiger partial charge is 0.341 e. The van der Waals surface area contributed by atoms with Crippen LogP contribution in [0.2, 0.25) is 0 Å². The molecule has 0 spiro atoms. The molecular weight excluding hydrogens is 470 g/mol. The van der Waals surface area contributed by atoms with Crippen LogP contribution >= 0.6 is 0 Å². The van der Waals surface area contributed by atoms with Crippen LogP contribution in [0.5, 0.6) is 0 Å². The van der Waals surface area contributed by atoms with Crippen LogP contribution in [0.1, 0.15) is 31.2 Å². The highest BCUT2D eigenvalue weighted by molar-refractivity contribution is 7.92. The minimum Gasteiger partial charge on any atom is -0.341 e. The average Bonchev–Trinajstić information content (AvgIpc) is 3.14. The summed E-state index contributed by atoms with van der Waals surface area (Å²) in [6.45, 7) is 0.767. The molecule has 35 heavy (non-hydrogen) atoms. The average molecular weight is 496 g/mol. The van der Waals surface area contributed by atoms with Crippen molar-refractivity contribution in [3.63, 3.8) is 0 Å². The Bertz CT molecular complexity index is 1560. The Labute approximate surface area is 202 Å². The Morgan fingerprint density at radius 3 is 2.46 bits per heavy atom. The molecule has 1 saturated heterocycles. The molecule has 1 aromatic heterocycles. The normalized spacial score (nSPS) is 14.3. The Morgan fingerprint density at radius 1 is 1.06 bits per heavy atom. The predicted octanol–water partition coefficient (Wildman–Crippen LogP) is 1.78. The maximum atomic E-state index is 13.2. The van der Waals surface area contributed by atoms with Gasteiger partial charge in [-0.25, -0.2) is 13.2 Å². The number of carbonyl (C=O) groups is 1. The smallest absolute Gasteiger partial charge is 0.331 e. The van der Waals surface area contributed by atoms with Crippen molar-refractivity contribution in [2.45, 2.75) is 37.1 Å². The van der Waals surface area contributed by atoms with Gasteiger partial charge in [0.05, 0.1) is 33.1 Å². The lowest BCUT2D eigenvalue weighted by Crippen LogP contribution is -2.44. The maximum Gasteiger partial charge on any atom is 0.331 e. The molecule has 0 aliphatic carbocycles. The molecule has 11 heteroatoms. The van der Waals surface area contributed by atoms with Crippen molar-refractivity contribution in [3.05, 3.63) is 68.9 Å². The molecule has 2 heterocycles. The number of fused-ring (bicyclic) bond motifs is 1. The van der Waals surface area contributed by atoms with Crippen molar-refractivity contribution in [2.24, 2.45) is 7.05 Å². The monoisotopic (exact) mass is 495 g/mol. The van der Waals surface area contributed by atoms with E-state index in [-0.39, 0.29) is 33.0 Å². The molecule has 0 saturated carbocycles. The first-order chi connectivity index (χ1) is 16.7. The van der Waals surface area contributed by atoms with Gasteiger partial charge in [0.15, 0.2) is 0 Å². The van der Waals surface area contributed by atoms with E-state index in [0.717, 1.165) is 30.3 Å². The fourth-order valence-corrected chi connectivity index (χ4v) is 5.30. The molecule has 0 radical (unpaired) electrons. The number of amides is 1. The molecule has 1 amide bonds. The van der Waals surface area contributed by atoms with Gasteiger partial charge in [0.1, 0.15) is 6.54 Å². The number of nitriles is 1. The topological polar surface area (TPSA) is 134 Å². The van der Waals surface area contributed by atoms with Crippen molar-refractivity contribution >= 4 is 32.5 Å². The number of nitrogens with zero attached hydrogens (tertiary/aromatic N) is 4. The molecule has 4 rings (SSSR count). The number of hydrogen-bond acceptors (Lipinski definition) is 6. The third-order valence-electron chi connectivity index (χ3n) is 6.13. The van der Waals surface area contributed by atoms with Crippen molar-refractivity contribution in [3.8, 4) is 6.07 Å². The van der Waals surface area contributed by atoms with Crippen LogP contribution in [0.25, 0.3) is 10.9 Å². The first-order valence-electron chi connectivity index (χ1n) is 11.3. The minimum atomic E-state index is -4.10. The number of likely N-dealkylation sites (tertiary alicyclic amines) is 1. The summed E-state index contributed by atoms with van der Waals surface area (Å²) in [4.78, 5) is 40.4. The van der Waals surface area contributed by atoms with Crippen LogP contribution in [0.3, 0.4) is 0 Å². The standard InChI is InChI=1S/C24H25N5O5S/c1-27-21-10-9-19(35(33,34)26-18-8-6-7-17(13-18)15-25)14-20(21)23(31)29(24(27)32)16-22(30)28-11-4-2-3-5-12-28/h6-10,13-14,26H,2-5,11-12,16H2,1H3. The highest BCUT2D eigenvalue weighted by Crippen LogP contribution is 2.20. The number of rotatable bonds is 5. The third-order valence-corrected chi connectivity index (χ3v) is 7.51. The van der Waals surface area contributed by atoms with Gasteiger partial charge in [0, 0.05) is 20.1 Å². The molecule has 2 aromatic carbocycles. The van der Waals surface area contributed by atoms with E-state index in [1.54, 1.807) is 17.0 Å². The quantitative estimate of drug-likeness (QED) is 0.573. The molecule has 1 aliphatic rings. The Kier molecular flexibility index (Phi) is 6.75. The van der Waals surface area contributed by atoms with E-state index in [1.165, 1.54) is 41.9 Å². The fraction of sp³-hybridized carbons (Fsp3) is 0.333. The number of carbonyl (C=O) groups excluding carboxylic acids is 1. The molecule has 1 aliphatic heterocycles. The summed E-state index contributed by atoms with van der Waals surface area (Å²) < 4.78 is 30.4. The SMILES string of the molecule is Cn1c(=O)n(CC(=O)N2CCCCCC2)c(=O)c2cc(S(=O)(=O)Nc3cccc(C#N)c3)ccc21. The number of sulfonamides is 1. The van der Waals surface area contributed by atoms with E-state index in [4.69, 9.17) is 5.26 Å². The second-order valence-corrected chi connectivity index (χ2v) is 10.2. The molecule has 0 atom stereocenters. The zero-order chi connectivity index (χ0) is 25.2. The van der Waals surface area contributed by atoms with Gasteiger partial charge < -0.3 is 4.90 Å². The summed E-state index contributed by atoms with van der Waals surface area (Å²) in [6, 6.07) is 11.8. The molecule has 1 N–H and O–H groups in total. The number of anilines is 1. The van der Waals surface area contributed by atoms with Gasteiger partial charge >= 0.3 is 5.69 Å². The van der Waals surface area contributed by atoms with E-state index in [1.807, 2.05) is 6.07 Å². The lowest BCUT2D eigenvalue weighted by molar-refractivity contribution is -0.131. The van der Waals surface area contributed by atoms with Crippen LogP contribution in [-0.2, 0) is 28.4 Å². The lowest BCUT2D eigenvalue weighted by Gasteiger charge is -2.21. The highest BCUT2D eigenvalue weighted by atomic mass is 32.2. The van der Waals surface area contributed by atoms with E-state index in [2.05, 4.69) is 4.72 Å². The van der Waals surface area contributed by atoms with Gasteiger partial charge in [0.25, 0.3) is 15.6 Å². The minimum absolute atomic E-state index is 0.00409. The summed E-state index contributed by atoms with van der Waals surface area (Å²) in [5.74, 6) is -0.312. The van der Waals surface area contributed by atoms with E-state index >= 15 is 0 Å². The Balaban J connectivity index is 1.72. The predicted molar refractivity (Wildman–Crippen MR) is 130 cm³/mol. The zero-order valence-electron chi connectivity index (χ0n) is 19.2. The van der Waals surface area contributed by atoms with Crippen LogP contribution in [0.15, 0.2) is 56.9 Å². The molecular formula is C24H25N5O5S. The van der Waals surface area contributed by atoms with E-state index in [0.29, 0.717) is 13.1 Å². The lowest BCUT2D eigenvalue weighted by atomic mass is 10.2. The first kappa shape index (κ1) is 24.2. The Morgan fingerprint density at radius 2 is 1.77 bits per heavy atom. The van der Waals surface area contributed by atoms with Crippen molar-refractivity contribution in [1.29, 1.82) is 5.26 Å². The number of aryl methyl sites for hydroxylation is 1. The summed E-state index contributed by atoms with van der Waals surface area (Å²) in [6.07, 6.45) is 3.82. The first-order valence-corrected chi connectivity index (χ1v) is 12.7. The van der Waals surface area contributed by atoms with Crippen LogP contribution < -0.4 is 16.0 Å². The molecule has 3 aromatic rings. The second kappa shape index (κ2) is 9.76. The van der Waals surface area contributed by atoms with E-state index < -0.39 is 27.8 Å². The van der Waals surface area contributed by atoms with Crippen LogP contribution in [0.4, 0.5) is 5.69 Å². The summed E-state index contributed by atoms with van der Waals surface area (Å²) in [5, 5.41) is 9.05. The maximum absolute atomic E-state index is 13.2. The highest BCUT2D eigenvalue weighted by Gasteiger charge is 2.21. The van der Waals surface area contributed by atoms with Gasteiger partial charge in [-0.3, -0.25) is 23.4 Å². The van der Waals surface area contributed by atoms with Crippen LogP contribution in [-0.4, -0.2) is 41.4 Å². The third kappa shape index (κ3) is 4.97. The van der Waals surface area contributed by atoms with Gasteiger partial charge in [0.2, 0.25) is 5.91 Å². The zero-order valence-corrected chi connectivity index (χ0v) is 20.0. The van der Waals surface area contributed by atoms with Crippen molar-refractivity contribution in [2.75, 3.05) is 17.8 Å².